The SMILES string of the molecule is COc1ccc2nc(O[C@@H]3C[C@H]4C(=O)C[C@]5(C(=O)NS(=O)(=O)C6CC6)C[C@@H]5/C=C\CCCCC[C@H](Cc5ccccc5)C(=O)N4C3)c(-c3cccs3)nc2c1. The molecule has 2 aromatic carbocycles. The molecule has 288 valence electrons. The fraction of sp³-hybridized carbons (Fsp3) is 0.452. The van der Waals surface area contributed by atoms with E-state index < -0.39 is 38.7 Å². The number of nitrogens with zero attached hydrogens (tertiary/aromatic N) is 3. The summed E-state index contributed by atoms with van der Waals surface area (Å²) in [5, 5.41) is 1.38. The number of carbonyl (C=O) groups excluding carboxylic acids is 3. The van der Waals surface area contributed by atoms with Crippen LogP contribution in [0, 0.1) is 17.3 Å². The molecule has 0 bridgehead atoms. The predicted molar refractivity (Wildman–Crippen MR) is 210 cm³/mol. The summed E-state index contributed by atoms with van der Waals surface area (Å²) in [5.74, 6) is -0.664. The third-order valence-electron chi connectivity index (χ3n) is 11.5. The van der Waals surface area contributed by atoms with Gasteiger partial charge in [-0.05, 0) is 80.0 Å². The maximum Gasteiger partial charge on any atom is 0.242 e. The van der Waals surface area contributed by atoms with Crippen molar-refractivity contribution in [2.45, 2.75) is 88.0 Å². The number of ketones is 1. The summed E-state index contributed by atoms with van der Waals surface area (Å²) in [4.78, 5) is 55.6. The Hall–Kier alpha value is -4.62. The number of allylic oxidation sites excluding steroid dienone is 2. The molecule has 5 atom stereocenters. The lowest BCUT2D eigenvalue weighted by atomic mass is 9.90. The number of aromatic nitrogens is 2. The van der Waals surface area contributed by atoms with Crippen LogP contribution in [0.25, 0.3) is 21.6 Å². The molecule has 2 aromatic heterocycles. The first-order chi connectivity index (χ1) is 26.6. The van der Waals surface area contributed by atoms with Crippen LogP contribution in [0.3, 0.4) is 0 Å². The highest BCUT2D eigenvalue weighted by atomic mass is 32.2. The van der Waals surface area contributed by atoms with Gasteiger partial charge in [-0.25, -0.2) is 18.4 Å². The first-order valence-corrected chi connectivity index (χ1v) is 21.7. The number of amides is 2. The summed E-state index contributed by atoms with van der Waals surface area (Å²) in [6.07, 6.45) is 9.65. The van der Waals surface area contributed by atoms with Crippen LogP contribution < -0.4 is 14.2 Å². The molecule has 4 aliphatic rings. The van der Waals surface area contributed by atoms with Gasteiger partial charge in [-0.15, -0.1) is 11.3 Å². The van der Waals surface area contributed by atoms with Crippen molar-refractivity contribution < 1.29 is 32.3 Å². The average molecular weight is 783 g/mol. The van der Waals surface area contributed by atoms with Gasteiger partial charge in [-0.3, -0.25) is 19.1 Å². The van der Waals surface area contributed by atoms with E-state index in [-0.39, 0.29) is 42.9 Å². The molecule has 0 radical (unpaired) electrons. The molecule has 0 spiro atoms. The number of fused-ring (bicyclic) bond motifs is 3. The fourth-order valence-electron chi connectivity index (χ4n) is 8.18. The molecule has 8 rings (SSSR count). The predicted octanol–water partition coefficient (Wildman–Crippen LogP) is 6.67. The van der Waals surface area contributed by atoms with Gasteiger partial charge in [0.05, 0.1) is 46.3 Å². The Kier molecular flexibility index (Phi) is 10.5. The number of nitrogens with one attached hydrogen (secondary N) is 1. The van der Waals surface area contributed by atoms with Crippen LogP contribution in [0.1, 0.15) is 69.8 Å². The van der Waals surface area contributed by atoms with E-state index in [1.165, 1.54) is 11.3 Å². The summed E-state index contributed by atoms with van der Waals surface area (Å²) in [6, 6.07) is 18.4. The van der Waals surface area contributed by atoms with Crippen LogP contribution in [-0.2, 0) is 30.8 Å². The molecule has 55 heavy (non-hydrogen) atoms. The first-order valence-electron chi connectivity index (χ1n) is 19.3. The third kappa shape index (κ3) is 8.05. The van der Waals surface area contributed by atoms with Crippen molar-refractivity contribution in [2.24, 2.45) is 17.3 Å². The molecule has 2 amide bonds. The van der Waals surface area contributed by atoms with E-state index in [0.717, 1.165) is 36.1 Å². The number of hydrogen-bond donors (Lipinski definition) is 1. The maximum atomic E-state index is 14.8. The molecule has 11 nitrogen and oxygen atoms in total. The molecule has 3 fully saturated rings. The summed E-state index contributed by atoms with van der Waals surface area (Å²) in [6.45, 7) is 0.158. The van der Waals surface area contributed by atoms with Gasteiger partial charge in [0.15, 0.2) is 5.78 Å². The fourth-order valence-corrected chi connectivity index (χ4v) is 10.3. The Morgan fingerprint density at radius 1 is 1.00 bits per heavy atom. The molecule has 2 saturated carbocycles. The monoisotopic (exact) mass is 782 g/mol. The van der Waals surface area contributed by atoms with Crippen LogP contribution in [0.15, 0.2) is 78.2 Å². The third-order valence-corrected chi connectivity index (χ3v) is 14.2. The smallest absolute Gasteiger partial charge is 0.242 e. The van der Waals surface area contributed by atoms with Gasteiger partial charge < -0.3 is 14.4 Å². The molecule has 13 heteroatoms. The van der Waals surface area contributed by atoms with Crippen LogP contribution >= 0.6 is 11.3 Å². The molecule has 1 saturated heterocycles. The van der Waals surface area contributed by atoms with Gasteiger partial charge in [0.1, 0.15) is 17.5 Å². The largest absolute Gasteiger partial charge is 0.497 e. The van der Waals surface area contributed by atoms with Crippen LogP contribution in [-0.4, -0.2) is 71.9 Å². The lowest BCUT2D eigenvalue weighted by Gasteiger charge is -2.29. The minimum Gasteiger partial charge on any atom is -0.497 e. The molecule has 2 aliphatic heterocycles. The summed E-state index contributed by atoms with van der Waals surface area (Å²) >= 11 is 1.51. The quantitative estimate of drug-likeness (QED) is 0.184. The number of rotatable bonds is 9. The highest BCUT2D eigenvalue weighted by Gasteiger charge is 2.61. The van der Waals surface area contributed by atoms with Gasteiger partial charge in [-0.2, -0.15) is 0 Å². The highest BCUT2D eigenvalue weighted by molar-refractivity contribution is 7.90. The lowest BCUT2D eigenvalue weighted by Crippen LogP contribution is -2.46. The van der Waals surface area contributed by atoms with Crippen LogP contribution in [0.5, 0.6) is 11.6 Å². The molecular weight excluding hydrogens is 737 g/mol. The molecule has 4 aromatic rings. The van der Waals surface area contributed by atoms with Gasteiger partial charge in [0, 0.05) is 24.8 Å². The summed E-state index contributed by atoms with van der Waals surface area (Å²) in [5.41, 5.74) is 1.67. The van der Waals surface area contributed by atoms with Crippen molar-refractivity contribution in [1.82, 2.24) is 19.6 Å². The van der Waals surface area contributed by atoms with Crippen LogP contribution in [0.2, 0.25) is 0 Å². The number of hydrogen-bond acceptors (Lipinski definition) is 10. The average Bonchev–Trinajstić information content (AvgIpc) is 4.05. The number of carbonyl (C=O) groups is 3. The summed E-state index contributed by atoms with van der Waals surface area (Å²) in [7, 11) is -2.22. The van der Waals surface area contributed by atoms with Gasteiger partial charge in [-0.1, -0.05) is 61.4 Å². The zero-order valence-electron chi connectivity index (χ0n) is 30.9. The zero-order valence-corrected chi connectivity index (χ0v) is 32.5. The molecular formula is C42H46N4O7S2. The Balaban J connectivity index is 1.13. The Morgan fingerprint density at radius 2 is 1.84 bits per heavy atom. The molecule has 0 unspecified atom stereocenters. The van der Waals surface area contributed by atoms with Crippen LogP contribution in [0.4, 0.5) is 0 Å². The van der Waals surface area contributed by atoms with E-state index in [9.17, 15) is 22.8 Å². The maximum absolute atomic E-state index is 14.8. The second-order valence-corrected chi connectivity index (χ2v) is 18.3. The Labute approximate surface area is 325 Å². The first kappa shape index (κ1) is 37.3. The topological polar surface area (TPSA) is 145 Å². The van der Waals surface area contributed by atoms with E-state index in [2.05, 4.69) is 10.8 Å². The van der Waals surface area contributed by atoms with Crippen molar-refractivity contribution in [3.63, 3.8) is 0 Å². The van der Waals surface area contributed by atoms with E-state index in [0.29, 0.717) is 60.5 Å². The minimum atomic E-state index is -3.82. The van der Waals surface area contributed by atoms with Gasteiger partial charge >= 0.3 is 0 Å². The number of sulfonamides is 1. The van der Waals surface area contributed by atoms with Crippen molar-refractivity contribution in [1.29, 1.82) is 0 Å². The number of Topliss-reactive ketones (excluding diaryl/α,β-unsaturated/α-hetero) is 1. The molecule has 4 heterocycles. The van der Waals surface area contributed by atoms with Gasteiger partial charge in [0.25, 0.3) is 0 Å². The number of ether oxygens (including phenoxy) is 2. The van der Waals surface area contributed by atoms with Crippen molar-refractivity contribution in [2.75, 3.05) is 13.7 Å². The van der Waals surface area contributed by atoms with E-state index in [1.54, 1.807) is 12.0 Å². The molecule has 2 aliphatic carbocycles. The number of thiophene rings is 1. The zero-order chi connectivity index (χ0) is 38.2. The van der Waals surface area contributed by atoms with E-state index in [1.807, 2.05) is 72.1 Å². The second kappa shape index (κ2) is 15.5. The molecule has 1 N–H and O–H groups in total. The van der Waals surface area contributed by atoms with E-state index in [4.69, 9.17) is 19.4 Å². The van der Waals surface area contributed by atoms with Gasteiger partial charge in [0.2, 0.25) is 27.7 Å². The van der Waals surface area contributed by atoms with Crippen molar-refractivity contribution in [3.05, 3.63) is 83.8 Å². The van der Waals surface area contributed by atoms with E-state index >= 15 is 0 Å². The lowest BCUT2D eigenvalue weighted by molar-refractivity contribution is -0.142. The summed E-state index contributed by atoms with van der Waals surface area (Å²) < 4.78 is 40.3. The standard InChI is InChI=1S/C42H46N4O7S2/c1-52-30-16-19-33-34(22-30)43-38(37-15-10-20-54-37)39(44-33)53-31-23-35-36(47)25-42(41(49)45-55(50,51)32-17-18-32)24-29(42)14-9-4-2-3-8-13-28(40(48)46(35)26-31)21-27-11-6-5-7-12-27/h5-7,9-12,14-16,19-20,22,28-29,31-32,35H,2-4,8,13,17-18,21,23-26H2,1H3,(H,45,49)/b14-9-/t28-,29+,31-,35+,42-/m1/s1. The highest BCUT2D eigenvalue weighted by Crippen LogP contribution is 2.57. The Bertz CT molecular complexity index is 2210. The normalized spacial score (nSPS) is 26.7. The van der Waals surface area contributed by atoms with Crippen molar-refractivity contribution >= 4 is 50.0 Å². The Morgan fingerprint density at radius 3 is 2.60 bits per heavy atom. The minimum absolute atomic E-state index is 0.112. The number of methoxy groups -OCH3 is 1. The number of benzene rings is 2. The van der Waals surface area contributed by atoms with Crippen molar-refractivity contribution in [3.8, 4) is 22.2 Å². The second-order valence-electron chi connectivity index (χ2n) is 15.4.